The number of likely N-dealkylation sites (tertiary alicyclic amines) is 1. The van der Waals surface area contributed by atoms with Crippen LogP contribution in [0.25, 0.3) is 22.2 Å². The standard InChI is InChI=1S/C22H22ClN3O2.ClH/c23-18-5-4-16(21-17(18)10-24-22(21)28)20-9-14-8-13(3-6-19(14)25-20)11-26-7-1-2-15(27)12-26;/h3-6,8-9,15,25,27H,1-2,7,10-12H2,(H,24,28);1H. The Balaban J connectivity index is 0.00000205. The number of nitrogens with one attached hydrogen (secondary N) is 2. The zero-order valence-corrected chi connectivity index (χ0v) is 17.4. The summed E-state index contributed by atoms with van der Waals surface area (Å²) in [5.74, 6) is -0.0736. The number of aromatic nitrogens is 1. The van der Waals surface area contributed by atoms with Gasteiger partial charge in [-0.05, 0) is 49.2 Å². The molecule has 3 heterocycles. The van der Waals surface area contributed by atoms with Crippen molar-refractivity contribution in [2.45, 2.75) is 32.0 Å². The summed E-state index contributed by atoms with van der Waals surface area (Å²) < 4.78 is 0. The van der Waals surface area contributed by atoms with Crippen LogP contribution in [0.5, 0.6) is 0 Å². The number of rotatable bonds is 3. The van der Waals surface area contributed by atoms with E-state index in [9.17, 15) is 9.90 Å². The Hall–Kier alpha value is -2.05. The van der Waals surface area contributed by atoms with Crippen molar-refractivity contribution in [3.8, 4) is 11.3 Å². The van der Waals surface area contributed by atoms with Gasteiger partial charge in [-0.2, -0.15) is 0 Å². The second kappa shape index (κ2) is 8.00. The molecule has 3 N–H and O–H groups in total. The van der Waals surface area contributed by atoms with E-state index in [1.807, 2.05) is 12.1 Å². The van der Waals surface area contributed by atoms with Gasteiger partial charge in [-0.25, -0.2) is 0 Å². The molecule has 0 bridgehead atoms. The topological polar surface area (TPSA) is 68.4 Å². The maximum absolute atomic E-state index is 12.3. The summed E-state index contributed by atoms with van der Waals surface area (Å²) >= 11 is 6.27. The number of halogens is 2. The Morgan fingerprint density at radius 1 is 1.21 bits per heavy atom. The average Bonchev–Trinajstić information content (AvgIpc) is 3.26. The van der Waals surface area contributed by atoms with Crippen LogP contribution < -0.4 is 5.32 Å². The summed E-state index contributed by atoms with van der Waals surface area (Å²) in [5, 5.41) is 14.5. The normalized spacial score (nSPS) is 19.1. The van der Waals surface area contributed by atoms with Crippen LogP contribution in [-0.2, 0) is 13.1 Å². The van der Waals surface area contributed by atoms with E-state index in [-0.39, 0.29) is 24.4 Å². The van der Waals surface area contributed by atoms with Crippen LogP contribution in [-0.4, -0.2) is 40.1 Å². The highest BCUT2D eigenvalue weighted by atomic mass is 35.5. The number of fused-ring (bicyclic) bond motifs is 2. The molecule has 1 atom stereocenters. The third-order valence-electron chi connectivity index (χ3n) is 5.77. The first-order chi connectivity index (χ1) is 13.6. The van der Waals surface area contributed by atoms with E-state index in [4.69, 9.17) is 11.6 Å². The van der Waals surface area contributed by atoms with Gasteiger partial charge in [0.1, 0.15) is 0 Å². The van der Waals surface area contributed by atoms with E-state index in [0.717, 1.165) is 60.2 Å². The highest BCUT2D eigenvalue weighted by Gasteiger charge is 2.26. The average molecular weight is 432 g/mol. The Labute approximate surface area is 180 Å². The lowest BCUT2D eigenvalue weighted by Crippen LogP contribution is -2.37. The molecule has 5 nitrogen and oxygen atoms in total. The van der Waals surface area contributed by atoms with Crippen LogP contribution >= 0.6 is 24.0 Å². The molecule has 5 rings (SSSR count). The molecule has 1 aromatic heterocycles. The SMILES string of the molecule is Cl.O=C1NCc2c(Cl)ccc(-c3cc4cc(CN5CCCC(O)C5)ccc4[nH]3)c21. The third kappa shape index (κ3) is 3.76. The number of H-pyrrole nitrogens is 1. The van der Waals surface area contributed by atoms with Crippen molar-refractivity contribution in [1.29, 1.82) is 0 Å². The number of hydrogen-bond donors (Lipinski definition) is 3. The Morgan fingerprint density at radius 3 is 2.90 bits per heavy atom. The van der Waals surface area contributed by atoms with Gasteiger partial charge >= 0.3 is 0 Å². The molecule has 7 heteroatoms. The highest BCUT2D eigenvalue weighted by Crippen LogP contribution is 2.34. The minimum atomic E-state index is -0.213. The van der Waals surface area contributed by atoms with Gasteiger partial charge in [0.05, 0.1) is 11.7 Å². The number of carbonyl (C=O) groups is 1. The van der Waals surface area contributed by atoms with Crippen molar-refractivity contribution in [1.82, 2.24) is 15.2 Å². The Kier molecular flexibility index (Phi) is 5.58. The van der Waals surface area contributed by atoms with Gasteiger partial charge in [0.15, 0.2) is 0 Å². The molecule has 2 aliphatic rings. The second-order valence-corrected chi connectivity index (χ2v) is 8.17. The van der Waals surface area contributed by atoms with Gasteiger partial charge in [0, 0.05) is 52.4 Å². The fourth-order valence-electron chi connectivity index (χ4n) is 4.39. The minimum absolute atomic E-state index is 0. The maximum atomic E-state index is 12.3. The molecular weight excluding hydrogens is 409 g/mol. The van der Waals surface area contributed by atoms with Crippen molar-refractivity contribution in [2.24, 2.45) is 0 Å². The zero-order valence-electron chi connectivity index (χ0n) is 15.9. The molecule has 2 aromatic carbocycles. The molecule has 1 saturated heterocycles. The van der Waals surface area contributed by atoms with Crippen molar-refractivity contribution in [3.05, 3.63) is 58.1 Å². The number of aromatic amines is 1. The van der Waals surface area contributed by atoms with E-state index in [0.29, 0.717) is 17.1 Å². The van der Waals surface area contributed by atoms with E-state index in [1.54, 1.807) is 0 Å². The summed E-state index contributed by atoms with van der Waals surface area (Å²) in [6.07, 6.45) is 1.73. The first-order valence-corrected chi connectivity index (χ1v) is 10.1. The van der Waals surface area contributed by atoms with Gasteiger partial charge in [0.25, 0.3) is 5.91 Å². The number of carbonyl (C=O) groups excluding carboxylic acids is 1. The molecular formula is C22H23Cl2N3O2. The van der Waals surface area contributed by atoms with E-state index < -0.39 is 0 Å². The number of piperidine rings is 1. The predicted molar refractivity (Wildman–Crippen MR) is 118 cm³/mol. The number of nitrogens with zero attached hydrogens (tertiary/aromatic N) is 1. The highest BCUT2D eigenvalue weighted by molar-refractivity contribution is 6.32. The van der Waals surface area contributed by atoms with E-state index >= 15 is 0 Å². The summed E-state index contributed by atoms with van der Waals surface area (Å²) in [6, 6.07) is 12.3. The molecule has 1 amide bonds. The smallest absolute Gasteiger partial charge is 0.252 e. The molecule has 29 heavy (non-hydrogen) atoms. The number of hydrogen-bond acceptors (Lipinski definition) is 3. The lowest BCUT2D eigenvalue weighted by molar-refractivity contribution is 0.0668. The van der Waals surface area contributed by atoms with Crippen LogP contribution in [0.3, 0.4) is 0 Å². The van der Waals surface area contributed by atoms with Crippen LogP contribution in [0.4, 0.5) is 0 Å². The largest absolute Gasteiger partial charge is 0.392 e. The summed E-state index contributed by atoms with van der Waals surface area (Å²) in [5.41, 5.74) is 5.61. The molecule has 0 saturated carbocycles. The third-order valence-corrected chi connectivity index (χ3v) is 6.12. The summed E-state index contributed by atoms with van der Waals surface area (Å²) in [4.78, 5) is 18.1. The van der Waals surface area contributed by atoms with Gasteiger partial charge in [0.2, 0.25) is 0 Å². The molecule has 1 fully saturated rings. The fourth-order valence-corrected chi connectivity index (χ4v) is 4.62. The van der Waals surface area contributed by atoms with Gasteiger partial charge < -0.3 is 15.4 Å². The second-order valence-electron chi connectivity index (χ2n) is 7.77. The number of amides is 1. The molecule has 0 spiro atoms. The van der Waals surface area contributed by atoms with Crippen LogP contribution in [0.1, 0.15) is 34.3 Å². The van der Waals surface area contributed by atoms with E-state index in [1.165, 1.54) is 5.56 Å². The molecule has 3 aromatic rings. The summed E-state index contributed by atoms with van der Waals surface area (Å²) in [6.45, 7) is 3.08. The van der Waals surface area contributed by atoms with Crippen LogP contribution in [0.2, 0.25) is 5.02 Å². The fraction of sp³-hybridized carbons (Fsp3) is 0.318. The molecule has 152 valence electrons. The van der Waals surface area contributed by atoms with Gasteiger partial charge in [-0.15, -0.1) is 12.4 Å². The number of aliphatic hydroxyl groups is 1. The van der Waals surface area contributed by atoms with E-state index in [2.05, 4.69) is 39.5 Å². The summed E-state index contributed by atoms with van der Waals surface area (Å²) in [7, 11) is 0. The molecule has 2 aliphatic heterocycles. The van der Waals surface area contributed by atoms with Crippen LogP contribution in [0.15, 0.2) is 36.4 Å². The van der Waals surface area contributed by atoms with Gasteiger partial charge in [-0.1, -0.05) is 23.7 Å². The van der Waals surface area contributed by atoms with Crippen molar-refractivity contribution < 1.29 is 9.90 Å². The van der Waals surface area contributed by atoms with Gasteiger partial charge in [-0.3, -0.25) is 9.69 Å². The van der Waals surface area contributed by atoms with Crippen molar-refractivity contribution in [2.75, 3.05) is 13.1 Å². The van der Waals surface area contributed by atoms with Crippen LogP contribution in [0, 0.1) is 0 Å². The first-order valence-electron chi connectivity index (χ1n) is 9.70. The Bertz CT molecular complexity index is 1080. The molecule has 0 aliphatic carbocycles. The number of benzene rings is 2. The maximum Gasteiger partial charge on any atom is 0.252 e. The zero-order chi connectivity index (χ0) is 19.3. The molecule has 1 unspecified atom stereocenters. The number of β-amino-alcohol motifs (C(OH)–C–C–N with tert-alkyl or cyclic N) is 1. The lowest BCUT2D eigenvalue weighted by atomic mass is 10.0. The lowest BCUT2D eigenvalue weighted by Gasteiger charge is -2.29. The van der Waals surface area contributed by atoms with Crippen molar-refractivity contribution in [3.63, 3.8) is 0 Å². The molecule has 0 radical (unpaired) electrons. The number of aliphatic hydroxyl groups excluding tert-OH is 1. The van der Waals surface area contributed by atoms with Crippen molar-refractivity contribution >= 4 is 40.8 Å². The minimum Gasteiger partial charge on any atom is -0.392 e. The predicted octanol–water partition coefficient (Wildman–Crippen LogP) is 4.11. The quantitative estimate of drug-likeness (QED) is 0.584. The first kappa shape index (κ1) is 20.2. The monoisotopic (exact) mass is 431 g/mol. The Morgan fingerprint density at radius 2 is 2.07 bits per heavy atom.